The second-order valence-corrected chi connectivity index (χ2v) is 3.75. The topological polar surface area (TPSA) is 38.3 Å². The summed E-state index contributed by atoms with van der Waals surface area (Å²) in [5.74, 6) is 0.980. The molecule has 0 aromatic heterocycles. The maximum absolute atomic E-state index is 12.1. The van der Waals surface area contributed by atoms with Gasteiger partial charge in [0.05, 0.1) is 12.7 Å². The fraction of sp³-hybridized carbons (Fsp3) is 0.417. The minimum absolute atomic E-state index is 0. The average molecular weight is 242 g/mol. The molecule has 88 valence electrons. The van der Waals surface area contributed by atoms with Crippen LogP contribution in [0.15, 0.2) is 24.3 Å². The Kier molecular flexibility index (Phi) is 4.77. The molecule has 4 heteroatoms. The molecule has 0 bridgehead atoms. The molecule has 1 N–H and O–H groups in total. The van der Waals surface area contributed by atoms with Gasteiger partial charge in [-0.05, 0) is 25.1 Å². The zero-order valence-corrected chi connectivity index (χ0v) is 10.0. The molecular weight excluding hydrogens is 226 g/mol. The van der Waals surface area contributed by atoms with E-state index in [0.717, 1.165) is 19.5 Å². The van der Waals surface area contributed by atoms with Crippen LogP contribution in [0.2, 0.25) is 0 Å². The highest BCUT2D eigenvalue weighted by molar-refractivity contribution is 6.00. The van der Waals surface area contributed by atoms with Crippen LogP contribution >= 0.6 is 12.4 Å². The summed E-state index contributed by atoms with van der Waals surface area (Å²) in [6.07, 6.45) is 0.927. The van der Waals surface area contributed by atoms with Gasteiger partial charge in [-0.2, -0.15) is 0 Å². The number of halogens is 1. The highest BCUT2D eigenvalue weighted by atomic mass is 35.5. The van der Waals surface area contributed by atoms with Crippen LogP contribution in [-0.2, 0) is 0 Å². The Hall–Kier alpha value is -1.06. The van der Waals surface area contributed by atoms with E-state index in [9.17, 15) is 4.79 Å². The monoisotopic (exact) mass is 241 g/mol. The number of carbonyl (C=O) groups excluding carboxylic acids is 1. The third-order valence-electron chi connectivity index (χ3n) is 2.80. The molecule has 1 aromatic rings. The SMILES string of the molecule is COc1ccccc1C(=O)C1CCNC1.Cl. The van der Waals surface area contributed by atoms with E-state index in [4.69, 9.17) is 4.74 Å². The van der Waals surface area contributed by atoms with Crippen LogP contribution in [-0.4, -0.2) is 26.0 Å². The maximum Gasteiger partial charge on any atom is 0.170 e. The van der Waals surface area contributed by atoms with Gasteiger partial charge in [0.2, 0.25) is 0 Å². The van der Waals surface area contributed by atoms with E-state index in [1.54, 1.807) is 7.11 Å². The summed E-state index contributed by atoms with van der Waals surface area (Å²) in [4.78, 5) is 12.1. The van der Waals surface area contributed by atoms with Gasteiger partial charge in [0, 0.05) is 12.5 Å². The molecule has 1 aliphatic rings. The minimum Gasteiger partial charge on any atom is -0.496 e. The fourth-order valence-electron chi connectivity index (χ4n) is 1.95. The molecule has 1 heterocycles. The van der Waals surface area contributed by atoms with Gasteiger partial charge < -0.3 is 10.1 Å². The van der Waals surface area contributed by atoms with Gasteiger partial charge in [0.15, 0.2) is 5.78 Å². The molecule has 1 saturated heterocycles. The highest BCUT2D eigenvalue weighted by Gasteiger charge is 2.25. The number of hydrogen-bond acceptors (Lipinski definition) is 3. The van der Waals surface area contributed by atoms with Gasteiger partial charge >= 0.3 is 0 Å². The van der Waals surface area contributed by atoms with Crippen molar-refractivity contribution in [2.24, 2.45) is 5.92 Å². The van der Waals surface area contributed by atoms with Gasteiger partial charge in [0.25, 0.3) is 0 Å². The van der Waals surface area contributed by atoms with Gasteiger partial charge in [0.1, 0.15) is 5.75 Å². The lowest BCUT2D eigenvalue weighted by atomic mass is 9.96. The van der Waals surface area contributed by atoms with Crippen LogP contribution in [0.3, 0.4) is 0 Å². The van der Waals surface area contributed by atoms with Crippen molar-refractivity contribution in [3.05, 3.63) is 29.8 Å². The molecule has 1 fully saturated rings. The molecule has 0 radical (unpaired) electrons. The van der Waals surface area contributed by atoms with Crippen molar-refractivity contribution in [2.45, 2.75) is 6.42 Å². The second-order valence-electron chi connectivity index (χ2n) is 3.75. The number of hydrogen-bond donors (Lipinski definition) is 1. The van der Waals surface area contributed by atoms with Gasteiger partial charge in [-0.15, -0.1) is 12.4 Å². The molecule has 16 heavy (non-hydrogen) atoms. The van der Waals surface area contributed by atoms with Crippen molar-refractivity contribution in [2.75, 3.05) is 20.2 Å². The summed E-state index contributed by atoms with van der Waals surface area (Å²) in [5, 5.41) is 3.20. The fourth-order valence-corrected chi connectivity index (χ4v) is 1.95. The van der Waals surface area contributed by atoms with E-state index in [-0.39, 0.29) is 24.1 Å². The van der Waals surface area contributed by atoms with Gasteiger partial charge in [-0.1, -0.05) is 12.1 Å². The number of nitrogens with one attached hydrogen (secondary N) is 1. The van der Waals surface area contributed by atoms with Crippen LogP contribution in [0.4, 0.5) is 0 Å². The molecule has 3 nitrogen and oxygen atoms in total. The highest BCUT2D eigenvalue weighted by Crippen LogP contribution is 2.23. The average Bonchev–Trinajstić information content (AvgIpc) is 2.81. The number of Topliss-reactive ketones (excluding diaryl/α,β-unsaturated/α-hetero) is 1. The Morgan fingerprint density at radius 3 is 2.81 bits per heavy atom. The number of carbonyl (C=O) groups is 1. The van der Waals surface area contributed by atoms with Crippen LogP contribution in [0.5, 0.6) is 5.75 Å². The predicted octanol–water partition coefficient (Wildman–Crippen LogP) is 1.91. The molecule has 1 aromatic carbocycles. The number of rotatable bonds is 3. The van der Waals surface area contributed by atoms with Crippen molar-refractivity contribution in [1.82, 2.24) is 5.32 Å². The van der Waals surface area contributed by atoms with E-state index in [1.807, 2.05) is 24.3 Å². The molecule has 0 saturated carbocycles. The molecule has 1 atom stereocenters. The first-order valence-corrected chi connectivity index (χ1v) is 5.21. The van der Waals surface area contributed by atoms with Gasteiger partial charge in [-0.25, -0.2) is 0 Å². The number of ketones is 1. The summed E-state index contributed by atoms with van der Waals surface area (Å²) >= 11 is 0. The van der Waals surface area contributed by atoms with Crippen molar-refractivity contribution < 1.29 is 9.53 Å². The second kappa shape index (κ2) is 5.87. The number of benzene rings is 1. The quantitative estimate of drug-likeness (QED) is 0.822. The van der Waals surface area contributed by atoms with E-state index in [2.05, 4.69) is 5.32 Å². The Balaban J connectivity index is 0.00000128. The van der Waals surface area contributed by atoms with E-state index >= 15 is 0 Å². The van der Waals surface area contributed by atoms with Crippen LogP contribution in [0, 0.1) is 5.92 Å². The largest absolute Gasteiger partial charge is 0.496 e. The normalized spacial score (nSPS) is 18.9. The van der Waals surface area contributed by atoms with Crippen LogP contribution in [0.1, 0.15) is 16.8 Å². The van der Waals surface area contributed by atoms with Crippen LogP contribution in [0.25, 0.3) is 0 Å². The Labute approximate surface area is 102 Å². The van der Waals surface area contributed by atoms with Crippen molar-refractivity contribution >= 4 is 18.2 Å². The van der Waals surface area contributed by atoms with Crippen molar-refractivity contribution in [3.63, 3.8) is 0 Å². The molecule has 0 aliphatic carbocycles. The minimum atomic E-state index is 0. The Bertz CT molecular complexity index is 362. The summed E-state index contributed by atoms with van der Waals surface area (Å²) in [7, 11) is 1.60. The first kappa shape index (κ1) is 13.0. The molecule has 2 rings (SSSR count). The zero-order valence-electron chi connectivity index (χ0n) is 9.23. The van der Waals surface area contributed by atoms with E-state index in [0.29, 0.717) is 11.3 Å². The lowest BCUT2D eigenvalue weighted by molar-refractivity contribution is 0.0927. The molecule has 0 spiro atoms. The summed E-state index contributed by atoms with van der Waals surface area (Å²) in [6.45, 7) is 1.72. The van der Waals surface area contributed by atoms with E-state index < -0.39 is 0 Å². The van der Waals surface area contributed by atoms with Crippen molar-refractivity contribution in [1.29, 1.82) is 0 Å². The van der Waals surface area contributed by atoms with Gasteiger partial charge in [-0.3, -0.25) is 4.79 Å². The molecule has 1 unspecified atom stereocenters. The molecule has 1 aliphatic heterocycles. The maximum atomic E-state index is 12.1. The summed E-state index contributed by atoms with van der Waals surface area (Å²) < 4.78 is 5.18. The molecular formula is C12H16ClNO2. The standard InChI is InChI=1S/C12H15NO2.ClH/c1-15-11-5-3-2-4-10(11)12(14)9-6-7-13-8-9;/h2-5,9,13H,6-8H2,1H3;1H. The smallest absolute Gasteiger partial charge is 0.170 e. The lowest BCUT2D eigenvalue weighted by Crippen LogP contribution is -2.18. The zero-order chi connectivity index (χ0) is 10.7. The van der Waals surface area contributed by atoms with Crippen LogP contribution < -0.4 is 10.1 Å². The first-order valence-electron chi connectivity index (χ1n) is 5.21. The van der Waals surface area contributed by atoms with E-state index in [1.165, 1.54) is 0 Å². The summed E-state index contributed by atoms with van der Waals surface area (Å²) in [5.41, 5.74) is 0.703. The first-order chi connectivity index (χ1) is 7.33. The third-order valence-corrected chi connectivity index (χ3v) is 2.80. The third kappa shape index (κ3) is 2.54. The van der Waals surface area contributed by atoms with Crippen molar-refractivity contribution in [3.8, 4) is 5.75 Å². The molecule has 0 amide bonds. The Morgan fingerprint density at radius 2 is 2.19 bits per heavy atom. The number of methoxy groups -OCH3 is 1. The number of para-hydroxylation sites is 1. The predicted molar refractivity (Wildman–Crippen MR) is 65.5 cm³/mol. The summed E-state index contributed by atoms with van der Waals surface area (Å²) in [6, 6.07) is 7.41. The Morgan fingerprint density at radius 1 is 1.44 bits per heavy atom. The number of ether oxygens (including phenoxy) is 1. The lowest BCUT2D eigenvalue weighted by Gasteiger charge is -2.10.